The van der Waals surface area contributed by atoms with Crippen molar-refractivity contribution >= 4 is 5.78 Å². The summed E-state index contributed by atoms with van der Waals surface area (Å²) >= 11 is 0. The second kappa shape index (κ2) is 7.46. The van der Waals surface area contributed by atoms with Crippen LogP contribution in [0.4, 0.5) is 0 Å². The fraction of sp³-hybridized carbons (Fsp3) is 0.667. The van der Waals surface area contributed by atoms with Crippen molar-refractivity contribution in [3.63, 3.8) is 0 Å². The lowest BCUT2D eigenvalue weighted by Gasteiger charge is -2.22. The molecule has 1 N–H and O–H groups in total. The first-order valence-electron chi connectivity index (χ1n) is 7.00. The number of nitrogens with one attached hydrogen (secondary N) is 1. The van der Waals surface area contributed by atoms with Gasteiger partial charge in [-0.05, 0) is 47.0 Å². The van der Waals surface area contributed by atoms with Gasteiger partial charge in [0, 0.05) is 30.0 Å². The lowest BCUT2D eigenvalue weighted by atomic mass is 10.1. The highest BCUT2D eigenvalue weighted by molar-refractivity contribution is 5.98. The van der Waals surface area contributed by atoms with Crippen LogP contribution in [0, 0.1) is 13.8 Å². The fourth-order valence-corrected chi connectivity index (χ4v) is 2.23. The minimum absolute atomic E-state index is 0.217. The van der Waals surface area contributed by atoms with Crippen LogP contribution in [0.2, 0.25) is 0 Å². The van der Waals surface area contributed by atoms with Crippen molar-refractivity contribution in [2.75, 3.05) is 40.3 Å². The van der Waals surface area contributed by atoms with Crippen molar-refractivity contribution in [1.82, 2.24) is 14.8 Å². The summed E-state index contributed by atoms with van der Waals surface area (Å²) in [6.45, 7) is 9.51. The van der Waals surface area contributed by atoms with Crippen LogP contribution in [0.15, 0.2) is 6.07 Å². The van der Waals surface area contributed by atoms with Gasteiger partial charge in [-0.3, -0.25) is 9.69 Å². The molecule has 0 saturated heterocycles. The summed E-state index contributed by atoms with van der Waals surface area (Å²) < 4.78 is 0. The summed E-state index contributed by atoms with van der Waals surface area (Å²) in [5, 5.41) is 0. The maximum Gasteiger partial charge on any atom is 0.178 e. The highest BCUT2D eigenvalue weighted by Crippen LogP contribution is 2.11. The van der Waals surface area contributed by atoms with Gasteiger partial charge in [0.1, 0.15) is 0 Å². The Bertz CT molecular complexity index is 410. The number of hydrogen-bond acceptors (Lipinski definition) is 3. The normalized spacial score (nSPS) is 11.5. The molecule has 0 unspecified atom stereocenters. The Kier molecular flexibility index (Phi) is 6.25. The number of rotatable bonds is 8. The second-order valence-corrected chi connectivity index (χ2v) is 5.49. The van der Waals surface area contributed by atoms with Crippen molar-refractivity contribution in [1.29, 1.82) is 0 Å². The van der Waals surface area contributed by atoms with Crippen LogP contribution >= 0.6 is 0 Å². The highest BCUT2D eigenvalue weighted by Gasteiger charge is 2.15. The van der Waals surface area contributed by atoms with Crippen LogP contribution < -0.4 is 0 Å². The van der Waals surface area contributed by atoms with Gasteiger partial charge < -0.3 is 9.88 Å². The molecule has 0 amide bonds. The predicted octanol–water partition coefficient (Wildman–Crippen LogP) is 2.09. The van der Waals surface area contributed by atoms with E-state index < -0.39 is 0 Å². The quantitative estimate of drug-likeness (QED) is 0.732. The number of carbonyl (C=O) groups excluding carboxylic acids is 1. The Morgan fingerprint density at radius 3 is 2.37 bits per heavy atom. The zero-order valence-electron chi connectivity index (χ0n) is 12.9. The smallest absolute Gasteiger partial charge is 0.178 e. The molecule has 19 heavy (non-hydrogen) atoms. The van der Waals surface area contributed by atoms with Crippen molar-refractivity contribution in [2.45, 2.75) is 27.2 Å². The number of aromatic amines is 1. The van der Waals surface area contributed by atoms with Gasteiger partial charge in [0.15, 0.2) is 5.78 Å². The predicted molar refractivity (Wildman–Crippen MR) is 79.9 cm³/mol. The number of H-pyrrole nitrogens is 1. The molecule has 0 aromatic carbocycles. The second-order valence-electron chi connectivity index (χ2n) is 5.49. The van der Waals surface area contributed by atoms with Gasteiger partial charge in [0.25, 0.3) is 0 Å². The number of hydrogen-bond donors (Lipinski definition) is 1. The van der Waals surface area contributed by atoms with Gasteiger partial charge in [-0.25, -0.2) is 0 Å². The molecule has 0 aliphatic carbocycles. The number of ketones is 1. The van der Waals surface area contributed by atoms with Crippen molar-refractivity contribution in [3.05, 3.63) is 23.0 Å². The van der Waals surface area contributed by atoms with Gasteiger partial charge >= 0.3 is 0 Å². The Morgan fingerprint density at radius 2 is 1.89 bits per heavy atom. The number of likely N-dealkylation sites (N-methyl/N-ethyl adjacent to an activating group) is 1. The standard InChI is InChI=1S/C15H27N3O/c1-6-7-18(9-8-17(4)5)11-15(19)14-10-12(2)16-13(14)3/h10,16H,6-9,11H2,1-5H3. The molecule has 1 aromatic heterocycles. The van der Waals surface area contributed by atoms with Crippen LogP contribution in [0.5, 0.6) is 0 Å². The number of carbonyl (C=O) groups is 1. The molecule has 4 nitrogen and oxygen atoms in total. The van der Waals surface area contributed by atoms with Crippen LogP contribution in [0.1, 0.15) is 35.1 Å². The third-order valence-electron chi connectivity index (χ3n) is 3.22. The van der Waals surface area contributed by atoms with E-state index in [1.807, 2.05) is 19.9 Å². The van der Waals surface area contributed by atoms with Gasteiger partial charge in [-0.2, -0.15) is 0 Å². The summed E-state index contributed by atoms with van der Waals surface area (Å²) in [5.74, 6) is 0.217. The maximum atomic E-state index is 12.3. The highest BCUT2D eigenvalue weighted by atomic mass is 16.1. The zero-order chi connectivity index (χ0) is 14.4. The third kappa shape index (κ3) is 5.17. The van der Waals surface area contributed by atoms with Crippen LogP contribution in [0.25, 0.3) is 0 Å². The first-order chi connectivity index (χ1) is 8.93. The molecule has 108 valence electrons. The van der Waals surface area contributed by atoms with Gasteiger partial charge in [0.2, 0.25) is 0 Å². The summed E-state index contributed by atoms with van der Waals surface area (Å²) in [7, 11) is 4.12. The van der Waals surface area contributed by atoms with Gasteiger partial charge in [-0.15, -0.1) is 0 Å². The average Bonchev–Trinajstić information content (AvgIpc) is 2.65. The van der Waals surface area contributed by atoms with E-state index in [-0.39, 0.29) is 5.78 Å². The van der Waals surface area contributed by atoms with E-state index in [9.17, 15) is 4.79 Å². The largest absolute Gasteiger partial charge is 0.362 e. The van der Waals surface area contributed by atoms with Gasteiger partial charge in [-0.1, -0.05) is 6.92 Å². The van der Waals surface area contributed by atoms with Crippen molar-refractivity contribution in [3.8, 4) is 0 Å². The summed E-state index contributed by atoms with van der Waals surface area (Å²) in [4.78, 5) is 19.9. The number of Topliss-reactive ketones (excluding diaryl/α,β-unsaturated/α-hetero) is 1. The Labute approximate surface area is 116 Å². The molecular weight excluding hydrogens is 238 g/mol. The molecule has 0 atom stereocenters. The first kappa shape index (κ1) is 15.9. The minimum atomic E-state index is 0.217. The van der Waals surface area contributed by atoms with E-state index in [0.717, 1.165) is 43.0 Å². The molecule has 0 aliphatic rings. The topological polar surface area (TPSA) is 39.3 Å². The minimum Gasteiger partial charge on any atom is -0.362 e. The molecule has 0 aliphatic heterocycles. The molecule has 0 saturated carbocycles. The van der Waals surface area contributed by atoms with Crippen molar-refractivity contribution in [2.24, 2.45) is 0 Å². The average molecular weight is 265 g/mol. The molecule has 0 spiro atoms. The summed E-state index contributed by atoms with van der Waals surface area (Å²) in [5.41, 5.74) is 2.87. The Morgan fingerprint density at radius 1 is 1.21 bits per heavy atom. The van der Waals surface area contributed by atoms with Crippen LogP contribution in [-0.4, -0.2) is 60.8 Å². The summed E-state index contributed by atoms with van der Waals surface area (Å²) in [6, 6.07) is 1.95. The number of nitrogens with zero attached hydrogens (tertiary/aromatic N) is 2. The fourth-order valence-electron chi connectivity index (χ4n) is 2.23. The molecule has 1 aromatic rings. The first-order valence-corrected chi connectivity index (χ1v) is 7.00. The SMILES string of the molecule is CCCN(CCN(C)C)CC(=O)c1cc(C)[nH]c1C. The number of aromatic nitrogens is 1. The Hall–Kier alpha value is -1.13. The molecule has 0 radical (unpaired) electrons. The summed E-state index contributed by atoms with van der Waals surface area (Å²) in [6.07, 6.45) is 1.08. The van der Waals surface area contributed by atoms with Crippen molar-refractivity contribution < 1.29 is 4.79 Å². The maximum absolute atomic E-state index is 12.3. The molecule has 0 fully saturated rings. The molecule has 4 heteroatoms. The Balaban J connectivity index is 2.62. The molecule has 0 bridgehead atoms. The molecule has 1 rings (SSSR count). The molecular formula is C15H27N3O. The van der Waals surface area contributed by atoms with Crippen LogP contribution in [-0.2, 0) is 0 Å². The van der Waals surface area contributed by atoms with E-state index in [2.05, 4.69) is 35.8 Å². The van der Waals surface area contributed by atoms with E-state index >= 15 is 0 Å². The van der Waals surface area contributed by atoms with E-state index in [4.69, 9.17) is 0 Å². The lowest BCUT2D eigenvalue weighted by molar-refractivity contribution is 0.0924. The number of aryl methyl sites for hydroxylation is 2. The van der Waals surface area contributed by atoms with Gasteiger partial charge in [0.05, 0.1) is 6.54 Å². The zero-order valence-corrected chi connectivity index (χ0v) is 12.9. The van der Waals surface area contributed by atoms with E-state index in [1.54, 1.807) is 0 Å². The van der Waals surface area contributed by atoms with Crippen LogP contribution in [0.3, 0.4) is 0 Å². The van der Waals surface area contributed by atoms with E-state index in [0.29, 0.717) is 6.54 Å². The molecule has 1 heterocycles. The monoisotopic (exact) mass is 265 g/mol. The third-order valence-corrected chi connectivity index (χ3v) is 3.22. The lowest BCUT2D eigenvalue weighted by Crippen LogP contribution is -2.36. The van der Waals surface area contributed by atoms with E-state index in [1.165, 1.54) is 0 Å².